The van der Waals surface area contributed by atoms with Gasteiger partial charge >= 0.3 is 6.03 Å². The van der Waals surface area contributed by atoms with Gasteiger partial charge in [-0.15, -0.1) is 0 Å². The summed E-state index contributed by atoms with van der Waals surface area (Å²) >= 11 is 0. The number of benzene rings is 1. The number of aromatic nitrogens is 1. The van der Waals surface area contributed by atoms with Gasteiger partial charge in [-0.05, 0) is 30.3 Å². The Balaban J connectivity index is 1.79. The van der Waals surface area contributed by atoms with Crippen molar-refractivity contribution in [1.82, 2.24) is 10.3 Å². The fraction of sp³-hybridized carbons (Fsp3) is 0.250. The lowest BCUT2D eigenvalue weighted by Crippen LogP contribution is -2.31. The number of nitrogens with one attached hydrogen (secondary N) is 2. The SMILES string of the molecule is COCCNC(=O)Nc1ccc(OCc2cccnc2)cc1. The minimum absolute atomic E-state index is 0.263. The number of methoxy groups -OCH3 is 1. The fourth-order valence-corrected chi connectivity index (χ4v) is 1.73. The van der Waals surface area contributed by atoms with Crippen LogP contribution in [0.1, 0.15) is 5.56 Å². The highest BCUT2D eigenvalue weighted by Crippen LogP contribution is 2.16. The number of anilines is 1. The third kappa shape index (κ3) is 5.41. The molecule has 6 heteroatoms. The van der Waals surface area contributed by atoms with Crippen LogP contribution >= 0.6 is 0 Å². The van der Waals surface area contributed by atoms with E-state index < -0.39 is 0 Å². The van der Waals surface area contributed by atoms with E-state index >= 15 is 0 Å². The maximum Gasteiger partial charge on any atom is 0.319 e. The number of hydrogen-bond acceptors (Lipinski definition) is 4. The Labute approximate surface area is 129 Å². The average molecular weight is 301 g/mol. The fourth-order valence-electron chi connectivity index (χ4n) is 1.73. The van der Waals surface area contributed by atoms with Gasteiger partial charge in [-0.25, -0.2) is 4.79 Å². The Morgan fingerprint density at radius 1 is 1.23 bits per heavy atom. The molecule has 0 saturated carbocycles. The van der Waals surface area contributed by atoms with Gasteiger partial charge in [0.1, 0.15) is 12.4 Å². The summed E-state index contributed by atoms with van der Waals surface area (Å²) in [5, 5.41) is 5.41. The topological polar surface area (TPSA) is 72.5 Å². The molecule has 2 aromatic rings. The van der Waals surface area contributed by atoms with E-state index in [-0.39, 0.29) is 6.03 Å². The first-order valence-corrected chi connectivity index (χ1v) is 6.93. The molecule has 2 rings (SSSR count). The quantitative estimate of drug-likeness (QED) is 0.770. The molecule has 0 bridgehead atoms. The van der Waals surface area contributed by atoms with Crippen molar-refractivity contribution in [2.24, 2.45) is 0 Å². The molecule has 0 fully saturated rings. The summed E-state index contributed by atoms with van der Waals surface area (Å²) in [5.74, 6) is 0.731. The number of carbonyl (C=O) groups is 1. The van der Waals surface area contributed by atoms with Gasteiger partial charge in [-0.3, -0.25) is 4.98 Å². The number of urea groups is 1. The summed E-state index contributed by atoms with van der Waals surface area (Å²) in [6.45, 7) is 1.40. The van der Waals surface area contributed by atoms with Crippen molar-refractivity contribution < 1.29 is 14.3 Å². The molecular weight excluding hydrogens is 282 g/mol. The zero-order chi connectivity index (χ0) is 15.6. The van der Waals surface area contributed by atoms with E-state index in [0.717, 1.165) is 11.3 Å². The number of pyridine rings is 1. The van der Waals surface area contributed by atoms with Crippen molar-refractivity contribution in [2.45, 2.75) is 6.61 Å². The van der Waals surface area contributed by atoms with Crippen LogP contribution in [0.4, 0.5) is 10.5 Å². The van der Waals surface area contributed by atoms with Gasteiger partial charge in [-0.2, -0.15) is 0 Å². The van der Waals surface area contributed by atoms with Gasteiger partial charge in [-0.1, -0.05) is 6.07 Å². The summed E-state index contributed by atoms with van der Waals surface area (Å²) in [6.07, 6.45) is 3.49. The Kier molecular flexibility index (Phi) is 6.19. The van der Waals surface area contributed by atoms with Crippen LogP contribution in [-0.2, 0) is 11.3 Å². The molecule has 1 heterocycles. The van der Waals surface area contributed by atoms with Crippen molar-refractivity contribution in [3.63, 3.8) is 0 Å². The van der Waals surface area contributed by atoms with Crippen LogP contribution in [0.3, 0.4) is 0 Å². The molecule has 0 saturated heterocycles. The van der Waals surface area contributed by atoms with Gasteiger partial charge in [0.05, 0.1) is 6.61 Å². The maximum atomic E-state index is 11.6. The molecule has 1 aromatic heterocycles. The van der Waals surface area contributed by atoms with Gasteiger partial charge in [0.2, 0.25) is 0 Å². The first-order valence-electron chi connectivity index (χ1n) is 6.93. The lowest BCUT2D eigenvalue weighted by atomic mass is 10.3. The molecule has 0 aliphatic rings. The van der Waals surface area contributed by atoms with Crippen LogP contribution in [0, 0.1) is 0 Å². The summed E-state index contributed by atoms with van der Waals surface area (Å²) in [5.41, 5.74) is 1.70. The molecule has 2 N–H and O–H groups in total. The van der Waals surface area contributed by atoms with Crippen LogP contribution in [0.25, 0.3) is 0 Å². The number of amides is 2. The van der Waals surface area contributed by atoms with Crippen LogP contribution in [0.2, 0.25) is 0 Å². The minimum atomic E-state index is -0.263. The van der Waals surface area contributed by atoms with Gasteiger partial charge in [0, 0.05) is 37.3 Å². The standard InChI is InChI=1S/C16H19N3O3/c1-21-10-9-18-16(20)19-14-4-6-15(7-5-14)22-12-13-3-2-8-17-11-13/h2-8,11H,9-10,12H2,1H3,(H2,18,19,20). The van der Waals surface area contributed by atoms with E-state index in [0.29, 0.717) is 25.4 Å². The number of carbonyl (C=O) groups excluding carboxylic acids is 1. The third-order valence-electron chi connectivity index (χ3n) is 2.83. The summed E-state index contributed by atoms with van der Waals surface area (Å²) < 4.78 is 10.5. The Hall–Kier alpha value is -2.60. The molecular formula is C16H19N3O3. The van der Waals surface area contributed by atoms with Crippen molar-refractivity contribution in [3.8, 4) is 5.75 Å². The van der Waals surface area contributed by atoms with Crippen molar-refractivity contribution in [3.05, 3.63) is 54.4 Å². The normalized spacial score (nSPS) is 10.0. The highest BCUT2D eigenvalue weighted by molar-refractivity contribution is 5.89. The second-order valence-corrected chi connectivity index (χ2v) is 4.55. The van der Waals surface area contributed by atoms with E-state index in [2.05, 4.69) is 15.6 Å². The first-order chi connectivity index (χ1) is 10.8. The molecule has 6 nitrogen and oxygen atoms in total. The van der Waals surface area contributed by atoms with Crippen LogP contribution in [0.5, 0.6) is 5.75 Å². The molecule has 2 amide bonds. The molecule has 0 aliphatic carbocycles. The van der Waals surface area contributed by atoms with Crippen LogP contribution in [0.15, 0.2) is 48.8 Å². The Morgan fingerprint density at radius 2 is 2.05 bits per heavy atom. The lowest BCUT2D eigenvalue weighted by molar-refractivity contribution is 0.198. The van der Waals surface area contributed by atoms with E-state index in [9.17, 15) is 4.79 Å². The molecule has 0 radical (unpaired) electrons. The molecule has 0 aliphatic heterocycles. The molecule has 1 aromatic carbocycles. The average Bonchev–Trinajstić information content (AvgIpc) is 2.55. The van der Waals surface area contributed by atoms with Crippen LogP contribution in [-0.4, -0.2) is 31.3 Å². The van der Waals surface area contributed by atoms with Crippen molar-refractivity contribution in [2.75, 3.05) is 25.6 Å². The Morgan fingerprint density at radius 3 is 2.73 bits per heavy atom. The third-order valence-corrected chi connectivity index (χ3v) is 2.83. The van der Waals surface area contributed by atoms with Crippen molar-refractivity contribution in [1.29, 1.82) is 0 Å². The maximum absolute atomic E-state index is 11.6. The minimum Gasteiger partial charge on any atom is -0.489 e. The van der Waals surface area contributed by atoms with E-state index in [4.69, 9.17) is 9.47 Å². The first kappa shape index (κ1) is 15.8. The summed E-state index contributed by atoms with van der Waals surface area (Å²) in [4.78, 5) is 15.6. The number of ether oxygens (including phenoxy) is 2. The second-order valence-electron chi connectivity index (χ2n) is 4.55. The highest BCUT2D eigenvalue weighted by atomic mass is 16.5. The number of nitrogens with zero attached hydrogens (tertiary/aromatic N) is 1. The van der Waals surface area contributed by atoms with Gasteiger partial charge in [0.25, 0.3) is 0 Å². The van der Waals surface area contributed by atoms with E-state index in [1.807, 2.05) is 12.1 Å². The Bertz CT molecular complexity index is 573. The zero-order valence-corrected chi connectivity index (χ0v) is 12.4. The predicted octanol–water partition coefficient (Wildman–Crippen LogP) is 2.43. The number of hydrogen-bond donors (Lipinski definition) is 2. The smallest absolute Gasteiger partial charge is 0.319 e. The second kappa shape index (κ2) is 8.63. The van der Waals surface area contributed by atoms with Crippen LogP contribution < -0.4 is 15.4 Å². The van der Waals surface area contributed by atoms with E-state index in [1.165, 1.54) is 0 Å². The predicted molar refractivity (Wildman–Crippen MR) is 83.9 cm³/mol. The zero-order valence-electron chi connectivity index (χ0n) is 12.4. The largest absolute Gasteiger partial charge is 0.489 e. The molecule has 22 heavy (non-hydrogen) atoms. The summed E-state index contributed by atoms with van der Waals surface area (Å²) in [7, 11) is 1.59. The lowest BCUT2D eigenvalue weighted by Gasteiger charge is -2.09. The van der Waals surface area contributed by atoms with Gasteiger partial charge < -0.3 is 20.1 Å². The number of rotatable bonds is 7. The molecule has 116 valence electrons. The van der Waals surface area contributed by atoms with Gasteiger partial charge in [0.15, 0.2) is 0 Å². The van der Waals surface area contributed by atoms with Crippen molar-refractivity contribution >= 4 is 11.7 Å². The highest BCUT2D eigenvalue weighted by Gasteiger charge is 2.01. The molecule has 0 spiro atoms. The molecule has 0 unspecified atom stereocenters. The monoisotopic (exact) mass is 301 g/mol. The van der Waals surface area contributed by atoms with E-state index in [1.54, 1.807) is 43.8 Å². The molecule has 0 atom stereocenters. The summed E-state index contributed by atoms with van der Waals surface area (Å²) in [6, 6.07) is 10.7.